The van der Waals surface area contributed by atoms with Crippen LogP contribution >= 0.6 is 0 Å². The Kier molecular flexibility index (Phi) is 7.90. The zero-order valence-corrected chi connectivity index (χ0v) is 18.4. The highest BCUT2D eigenvalue weighted by atomic mass is 16.1. The molecule has 1 atom stereocenters. The van der Waals surface area contributed by atoms with Crippen LogP contribution in [0.25, 0.3) is 0 Å². The van der Waals surface area contributed by atoms with Crippen LogP contribution < -0.4 is 0 Å². The predicted molar refractivity (Wildman–Crippen MR) is 117 cm³/mol. The van der Waals surface area contributed by atoms with Gasteiger partial charge in [-0.1, -0.05) is 64.2 Å². The second-order valence-electron chi connectivity index (χ2n) is 11.0. The van der Waals surface area contributed by atoms with E-state index in [1.807, 2.05) is 0 Å². The number of ketones is 1. The fourth-order valence-corrected chi connectivity index (χ4v) is 7.25. The average molecular weight is 388 g/mol. The molecule has 0 N–H and O–H groups in total. The van der Waals surface area contributed by atoms with Gasteiger partial charge in [0, 0.05) is 12.5 Å². The Balaban J connectivity index is 1.18. The van der Waals surface area contributed by atoms with E-state index in [9.17, 15) is 4.79 Å². The summed E-state index contributed by atoms with van der Waals surface area (Å²) in [6.07, 6.45) is 23.9. The maximum atomic E-state index is 13.0. The van der Waals surface area contributed by atoms with E-state index in [4.69, 9.17) is 0 Å². The molecule has 3 saturated carbocycles. The summed E-state index contributed by atoms with van der Waals surface area (Å²) < 4.78 is 0. The van der Waals surface area contributed by atoms with Crippen LogP contribution in [0, 0.1) is 29.6 Å². The predicted octanol–water partition coefficient (Wildman–Crippen LogP) is 6.62. The van der Waals surface area contributed by atoms with E-state index in [1.165, 1.54) is 122 Å². The summed E-state index contributed by atoms with van der Waals surface area (Å²) in [5.74, 6) is 4.77. The van der Waals surface area contributed by atoms with Crippen LogP contribution in [0.4, 0.5) is 0 Å². The van der Waals surface area contributed by atoms with Crippen molar-refractivity contribution in [1.82, 2.24) is 4.90 Å². The largest absolute Gasteiger partial charge is 0.298 e. The third kappa shape index (κ3) is 5.83. The van der Waals surface area contributed by atoms with Crippen LogP contribution in [0.5, 0.6) is 0 Å². The van der Waals surface area contributed by atoms with Crippen molar-refractivity contribution in [2.75, 3.05) is 19.6 Å². The van der Waals surface area contributed by atoms with Gasteiger partial charge in [0.2, 0.25) is 0 Å². The quantitative estimate of drug-likeness (QED) is 0.510. The molecule has 28 heavy (non-hydrogen) atoms. The number of likely N-dealkylation sites (tertiary alicyclic amines) is 1. The molecule has 1 saturated heterocycles. The second-order valence-corrected chi connectivity index (χ2v) is 11.0. The molecule has 4 rings (SSSR count). The molecule has 1 heterocycles. The molecule has 4 aliphatic rings. The molecule has 0 radical (unpaired) electrons. The Hall–Kier alpha value is -0.370. The van der Waals surface area contributed by atoms with Crippen molar-refractivity contribution in [2.45, 2.75) is 109 Å². The van der Waals surface area contributed by atoms with Gasteiger partial charge >= 0.3 is 0 Å². The van der Waals surface area contributed by atoms with E-state index in [0.29, 0.717) is 11.7 Å². The van der Waals surface area contributed by atoms with E-state index in [2.05, 4.69) is 4.90 Å². The highest BCUT2D eigenvalue weighted by Crippen LogP contribution is 2.40. The summed E-state index contributed by atoms with van der Waals surface area (Å²) in [5, 5.41) is 0. The van der Waals surface area contributed by atoms with Crippen molar-refractivity contribution < 1.29 is 4.79 Å². The molecule has 0 bridgehead atoms. The number of hydrogen-bond donors (Lipinski definition) is 0. The number of carbonyl (C=O) groups is 1. The average Bonchev–Trinajstić information content (AvgIpc) is 2.75. The van der Waals surface area contributed by atoms with Crippen molar-refractivity contribution in [3.8, 4) is 0 Å². The summed E-state index contributed by atoms with van der Waals surface area (Å²) in [5.41, 5.74) is 0. The lowest BCUT2D eigenvalue weighted by atomic mass is 9.70. The summed E-state index contributed by atoms with van der Waals surface area (Å²) in [7, 11) is 0. The molecular formula is C26H45NO. The zero-order valence-electron chi connectivity index (χ0n) is 18.4. The summed E-state index contributed by atoms with van der Waals surface area (Å²) in [6, 6.07) is 0. The Morgan fingerprint density at radius 1 is 0.643 bits per heavy atom. The first-order chi connectivity index (χ1) is 13.8. The smallest absolute Gasteiger partial charge is 0.149 e. The van der Waals surface area contributed by atoms with Crippen LogP contribution in [-0.2, 0) is 4.79 Å². The Morgan fingerprint density at radius 2 is 1.25 bits per heavy atom. The van der Waals surface area contributed by atoms with Crippen molar-refractivity contribution in [2.24, 2.45) is 29.6 Å². The van der Waals surface area contributed by atoms with Crippen LogP contribution in [-0.4, -0.2) is 30.3 Å². The lowest BCUT2D eigenvalue weighted by molar-refractivity contribution is -0.125. The van der Waals surface area contributed by atoms with E-state index in [1.54, 1.807) is 0 Å². The van der Waals surface area contributed by atoms with Gasteiger partial charge in [0.15, 0.2) is 0 Å². The minimum absolute atomic E-state index is 0.388. The van der Waals surface area contributed by atoms with Crippen molar-refractivity contribution >= 4 is 5.78 Å². The molecule has 2 heteroatoms. The number of nitrogens with zero attached hydrogens (tertiary/aromatic N) is 1. The normalized spacial score (nSPS) is 34.4. The van der Waals surface area contributed by atoms with Gasteiger partial charge in [-0.2, -0.15) is 0 Å². The molecule has 0 amide bonds. The number of hydrogen-bond acceptors (Lipinski definition) is 2. The lowest BCUT2D eigenvalue weighted by Crippen LogP contribution is -2.41. The van der Waals surface area contributed by atoms with E-state index in [-0.39, 0.29) is 0 Å². The molecule has 160 valence electrons. The molecule has 1 unspecified atom stereocenters. The van der Waals surface area contributed by atoms with Gasteiger partial charge in [-0.25, -0.2) is 0 Å². The first-order valence-corrected chi connectivity index (χ1v) is 13.0. The minimum atomic E-state index is 0.388. The van der Waals surface area contributed by atoms with Gasteiger partial charge < -0.3 is 0 Å². The number of Topliss-reactive ketones (excluding diaryl/α,β-unsaturated/α-hetero) is 1. The lowest BCUT2D eigenvalue weighted by Gasteiger charge is -2.37. The number of piperidine rings is 1. The molecule has 0 spiro atoms. The summed E-state index contributed by atoms with van der Waals surface area (Å²) in [4.78, 5) is 15.5. The Labute approximate surface area is 174 Å². The minimum Gasteiger partial charge on any atom is -0.298 e. The number of carbonyl (C=O) groups excluding carboxylic acids is 1. The van der Waals surface area contributed by atoms with Gasteiger partial charge in [-0.05, 0) is 75.2 Å². The third-order valence-electron chi connectivity index (χ3n) is 8.92. The first-order valence-electron chi connectivity index (χ1n) is 13.0. The van der Waals surface area contributed by atoms with Gasteiger partial charge in [0.05, 0.1) is 6.54 Å². The fourth-order valence-electron chi connectivity index (χ4n) is 7.25. The van der Waals surface area contributed by atoms with E-state index < -0.39 is 0 Å². The monoisotopic (exact) mass is 387 g/mol. The van der Waals surface area contributed by atoms with E-state index in [0.717, 1.165) is 30.2 Å². The first kappa shape index (κ1) is 20.9. The summed E-state index contributed by atoms with van der Waals surface area (Å²) >= 11 is 0. The Morgan fingerprint density at radius 3 is 1.96 bits per heavy atom. The fraction of sp³-hybridized carbons (Fsp3) is 0.962. The van der Waals surface area contributed by atoms with Crippen molar-refractivity contribution in [3.05, 3.63) is 0 Å². The van der Waals surface area contributed by atoms with Gasteiger partial charge in [0.25, 0.3) is 0 Å². The topological polar surface area (TPSA) is 20.3 Å². The highest BCUT2D eigenvalue weighted by Gasteiger charge is 2.32. The van der Waals surface area contributed by atoms with E-state index >= 15 is 0 Å². The van der Waals surface area contributed by atoms with Crippen LogP contribution in [0.15, 0.2) is 0 Å². The van der Waals surface area contributed by atoms with Crippen LogP contribution in [0.3, 0.4) is 0 Å². The molecule has 4 fully saturated rings. The maximum absolute atomic E-state index is 13.0. The zero-order chi connectivity index (χ0) is 19.2. The molecule has 0 aromatic carbocycles. The van der Waals surface area contributed by atoms with Crippen LogP contribution in [0.2, 0.25) is 0 Å². The third-order valence-corrected chi connectivity index (χ3v) is 8.92. The SMILES string of the molecule is O=C(CN1CCCC(CC2CCCCC2)C1)C1CCC(C2CCCCC2)CC1. The van der Waals surface area contributed by atoms with Crippen molar-refractivity contribution in [1.29, 1.82) is 0 Å². The Bertz CT molecular complexity index is 469. The maximum Gasteiger partial charge on any atom is 0.149 e. The van der Waals surface area contributed by atoms with Crippen molar-refractivity contribution in [3.63, 3.8) is 0 Å². The van der Waals surface area contributed by atoms with Gasteiger partial charge in [-0.15, -0.1) is 0 Å². The molecule has 0 aromatic heterocycles. The second kappa shape index (κ2) is 10.6. The number of rotatable bonds is 6. The molecule has 0 aromatic rings. The van der Waals surface area contributed by atoms with Gasteiger partial charge in [0.1, 0.15) is 5.78 Å². The van der Waals surface area contributed by atoms with Crippen LogP contribution in [0.1, 0.15) is 109 Å². The molecular weight excluding hydrogens is 342 g/mol. The molecule has 1 aliphatic heterocycles. The highest BCUT2D eigenvalue weighted by molar-refractivity contribution is 5.83. The molecule has 3 aliphatic carbocycles. The summed E-state index contributed by atoms with van der Waals surface area (Å²) in [6.45, 7) is 3.14. The molecule has 2 nitrogen and oxygen atoms in total. The standard InChI is InChI=1S/C26H45NO/c28-26(25-15-13-24(14-16-25)23-11-5-2-6-12-23)20-27-17-7-10-22(19-27)18-21-8-3-1-4-9-21/h21-25H,1-20H2. The van der Waals surface area contributed by atoms with Gasteiger partial charge in [-0.3, -0.25) is 9.69 Å².